The molecule has 0 aromatic carbocycles. The fourth-order valence-electron chi connectivity index (χ4n) is 1.89. The van der Waals surface area contributed by atoms with E-state index in [-0.39, 0.29) is 35.5 Å². The standard InChI is InChI=1S/C13H24N4O.HI/c1-11-9-17(7-8-18-11)12(15)16-10-13(2,3)5-4-6-14;/h11H,4-5,7-10H2,1-3H3,(H2,15,16);1H. The Kier molecular flexibility index (Phi) is 8.34. The van der Waals surface area contributed by atoms with Gasteiger partial charge >= 0.3 is 0 Å². The van der Waals surface area contributed by atoms with E-state index in [2.05, 4.69) is 29.8 Å². The quantitative estimate of drug-likeness (QED) is 0.460. The summed E-state index contributed by atoms with van der Waals surface area (Å²) in [4.78, 5) is 6.53. The highest BCUT2D eigenvalue weighted by molar-refractivity contribution is 14.0. The van der Waals surface area contributed by atoms with Crippen molar-refractivity contribution in [2.24, 2.45) is 16.1 Å². The van der Waals surface area contributed by atoms with Crippen molar-refractivity contribution in [3.63, 3.8) is 0 Å². The lowest BCUT2D eigenvalue weighted by Crippen LogP contribution is -2.48. The summed E-state index contributed by atoms with van der Waals surface area (Å²) in [5, 5.41) is 8.61. The lowest BCUT2D eigenvalue weighted by Gasteiger charge is -2.32. The lowest BCUT2D eigenvalue weighted by atomic mass is 9.88. The van der Waals surface area contributed by atoms with E-state index in [9.17, 15) is 0 Å². The molecule has 5 nitrogen and oxygen atoms in total. The Morgan fingerprint density at radius 3 is 2.84 bits per heavy atom. The van der Waals surface area contributed by atoms with Gasteiger partial charge in [0.05, 0.1) is 18.8 Å². The smallest absolute Gasteiger partial charge is 0.191 e. The van der Waals surface area contributed by atoms with Crippen molar-refractivity contribution in [2.45, 2.75) is 39.7 Å². The van der Waals surface area contributed by atoms with Gasteiger partial charge in [-0.2, -0.15) is 5.26 Å². The van der Waals surface area contributed by atoms with Crippen LogP contribution < -0.4 is 5.73 Å². The predicted molar refractivity (Wildman–Crippen MR) is 87.5 cm³/mol. The van der Waals surface area contributed by atoms with Crippen LogP contribution in [-0.2, 0) is 4.74 Å². The maximum atomic E-state index is 8.61. The van der Waals surface area contributed by atoms with Crippen molar-refractivity contribution in [1.29, 1.82) is 5.26 Å². The van der Waals surface area contributed by atoms with Crippen LogP contribution in [0.15, 0.2) is 4.99 Å². The van der Waals surface area contributed by atoms with Gasteiger partial charge in [-0.15, -0.1) is 24.0 Å². The van der Waals surface area contributed by atoms with Crippen molar-refractivity contribution in [2.75, 3.05) is 26.2 Å². The summed E-state index contributed by atoms with van der Waals surface area (Å²) in [6, 6.07) is 2.17. The number of aliphatic imine (C=N–C) groups is 1. The Morgan fingerprint density at radius 2 is 2.26 bits per heavy atom. The Morgan fingerprint density at radius 1 is 1.58 bits per heavy atom. The van der Waals surface area contributed by atoms with Gasteiger partial charge in [0.2, 0.25) is 0 Å². The molecule has 6 heteroatoms. The summed E-state index contributed by atoms with van der Waals surface area (Å²) in [7, 11) is 0. The highest BCUT2D eigenvalue weighted by Gasteiger charge is 2.20. The third-order valence-electron chi connectivity index (χ3n) is 3.15. The van der Waals surface area contributed by atoms with Crippen molar-refractivity contribution in [3.05, 3.63) is 0 Å². The highest BCUT2D eigenvalue weighted by Crippen LogP contribution is 2.22. The molecule has 110 valence electrons. The fourth-order valence-corrected chi connectivity index (χ4v) is 1.89. The summed E-state index contributed by atoms with van der Waals surface area (Å²) in [6.45, 7) is 9.23. The number of morpholine rings is 1. The first kappa shape index (κ1) is 18.4. The van der Waals surface area contributed by atoms with E-state index in [0.717, 1.165) is 19.5 Å². The first-order valence-electron chi connectivity index (χ1n) is 6.48. The molecule has 0 aromatic rings. The van der Waals surface area contributed by atoms with E-state index < -0.39 is 0 Å². The second-order valence-electron chi connectivity index (χ2n) is 5.62. The number of hydrogen-bond acceptors (Lipinski definition) is 3. The molecule has 0 amide bonds. The van der Waals surface area contributed by atoms with Gasteiger partial charge in [-0.3, -0.25) is 4.99 Å². The van der Waals surface area contributed by atoms with Gasteiger partial charge in [-0.1, -0.05) is 13.8 Å². The van der Waals surface area contributed by atoms with Gasteiger partial charge < -0.3 is 15.4 Å². The van der Waals surface area contributed by atoms with E-state index in [1.54, 1.807) is 0 Å². The molecule has 1 fully saturated rings. The molecular formula is C13H25IN4O. The molecule has 0 saturated carbocycles. The zero-order chi connectivity index (χ0) is 13.6. The summed E-state index contributed by atoms with van der Waals surface area (Å²) in [5.41, 5.74) is 6.03. The van der Waals surface area contributed by atoms with Crippen molar-refractivity contribution < 1.29 is 4.74 Å². The second-order valence-corrected chi connectivity index (χ2v) is 5.62. The zero-order valence-electron chi connectivity index (χ0n) is 12.1. The average molecular weight is 380 g/mol. The van der Waals surface area contributed by atoms with Crippen LogP contribution >= 0.6 is 24.0 Å². The Labute approximate surface area is 133 Å². The van der Waals surface area contributed by atoms with E-state index in [1.165, 1.54) is 0 Å². The Bertz CT molecular complexity index is 338. The average Bonchev–Trinajstić information content (AvgIpc) is 2.34. The Hall–Kier alpha value is -0.550. The maximum Gasteiger partial charge on any atom is 0.191 e. The van der Waals surface area contributed by atoms with Crippen LogP contribution in [0, 0.1) is 16.7 Å². The summed E-state index contributed by atoms with van der Waals surface area (Å²) in [5.74, 6) is 0.593. The van der Waals surface area contributed by atoms with Gasteiger partial charge in [0.25, 0.3) is 0 Å². The Balaban J connectivity index is 0.00000324. The first-order chi connectivity index (χ1) is 8.44. The minimum absolute atomic E-state index is 0. The van der Waals surface area contributed by atoms with Crippen LogP contribution in [0.1, 0.15) is 33.6 Å². The summed E-state index contributed by atoms with van der Waals surface area (Å²) < 4.78 is 5.47. The van der Waals surface area contributed by atoms with Crippen molar-refractivity contribution in [3.8, 4) is 6.07 Å². The topological polar surface area (TPSA) is 74.6 Å². The number of halogens is 1. The molecule has 1 unspecified atom stereocenters. The monoisotopic (exact) mass is 380 g/mol. The lowest BCUT2D eigenvalue weighted by molar-refractivity contribution is 0.00524. The third kappa shape index (κ3) is 6.97. The molecule has 1 heterocycles. The molecule has 2 N–H and O–H groups in total. The zero-order valence-corrected chi connectivity index (χ0v) is 14.4. The summed E-state index contributed by atoms with van der Waals surface area (Å²) in [6.07, 6.45) is 1.62. The normalized spacial score (nSPS) is 20.6. The second kappa shape index (κ2) is 8.59. The van der Waals surface area contributed by atoms with Gasteiger partial charge in [0.15, 0.2) is 5.96 Å². The minimum atomic E-state index is 0. The van der Waals surface area contributed by atoms with Crippen LogP contribution in [0.2, 0.25) is 0 Å². The number of nitrogens with two attached hydrogens (primary N) is 1. The number of hydrogen-bond donors (Lipinski definition) is 1. The van der Waals surface area contributed by atoms with Crippen molar-refractivity contribution >= 4 is 29.9 Å². The van der Waals surface area contributed by atoms with E-state index >= 15 is 0 Å². The molecule has 1 aliphatic rings. The largest absolute Gasteiger partial charge is 0.375 e. The van der Waals surface area contributed by atoms with E-state index in [1.807, 2.05) is 6.92 Å². The minimum Gasteiger partial charge on any atom is -0.375 e. The fraction of sp³-hybridized carbons (Fsp3) is 0.846. The number of guanidine groups is 1. The van der Waals surface area contributed by atoms with E-state index in [0.29, 0.717) is 25.5 Å². The molecule has 0 bridgehead atoms. The molecule has 0 aliphatic carbocycles. The van der Waals surface area contributed by atoms with Crippen LogP contribution in [-0.4, -0.2) is 43.2 Å². The maximum absolute atomic E-state index is 8.61. The molecule has 0 aromatic heterocycles. The highest BCUT2D eigenvalue weighted by atomic mass is 127. The predicted octanol–water partition coefficient (Wildman–Crippen LogP) is 1.97. The van der Waals surface area contributed by atoms with E-state index in [4.69, 9.17) is 15.7 Å². The molecular weight excluding hydrogens is 355 g/mol. The van der Waals surface area contributed by atoms with Crippen molar-refractivity contribution in [1.82, 2.24) is 4.90 Å². The number of nitrogens with zero attached hydrogens (tertiary/aromatic N) is 3. The van der Waals surface area contributed by atoms with Gasteiger partial charge in [0.1, 0.15) is 0 Å². The van der Waals surface area contributed by atoms with Crippen LogP contribution in [0.3, 0.4) is 0 Å². The third-order valence-corrected chi connectivity index (χ3v) is 3.15. The van der Waals surface area contributed by atoms with Crippen LogP contribution in [0.25, 0.3) is 0 Å². The van der Waals surface area contributed by atoms with Gasteiger partial charge in [-0.05, 0) is 18.8 Å². The van der Waals surface area contributed by atoms with Gasteiger partial charge in [0, 0.05) is 26.1 Å². The first-order valence-corrected chi connectivity index (χ1v) is 6.48. The molecule has 0 radical (unpaired) electrons. The molecule has 1 saturated heterocycles. The molecule has 1 aliphatic heterocycles. The van der Waals surface area contributed by atoms with Gasteiger partial charge in [-0.25, -0.2) is 0 Å². The summed E-state index contributed by atoms with van der Waals surface area (Å²) >= 11 is 0. The number of rotatable bonds is 4. The SMILES string of the molecule is CC1CN(C(N)=NCC(C)(C)CCC#N)CCO1.I. The van der Waals surface area contributed by atoms with Crippen LogP contribution in [0.5, 0.6) is 0 Å². The number of ether oxygens (including phenoxy) is 1. The molecule has 19 heavy (non-hydrogen) atoms. The molecule has 1 rings (SSSR count). The van der Waals surface area contributed by atoms with Crippen LogP contribution in [0.4, 0.5) is 0 Å². The molecule has 0 spiro atoms. The molecule has 1 atom stereocenters. The number of nitriles is 1.